The third-order valence-corrected chi connectivity index (χ3v) is 6.65. The molecular weight excluding hydrogens is 468 g/mol. The van der Waals surface area contributed by atoms with Gasteiger partial charge in [0.1, 0.15) is 11.5 Å². The van der Waals surface area contributed by atoms with E-state index in [1.54, 1.807) is 19.1 Å². The highest BCUT2D eigenvalue weighted by atomic mass is 35.5. The second kappa shape index (κ2) is 12.7. The van der Waals surface area contributed by atoms with Crippen molar-refractivity contribution < 1.29 is 27.4 Å². The van der Waals surface area contributed by atoms with Crippen molar-refractivity contribution in [3.8, 4) is 11.5 Å². The Balaban J connectivity index is 2.14. The monoisotopic (exact) mass is 498 g/mol. The summed E-state index contributed by atoms with van der Waals surface area (Å²) in [6.07, 6.45) is 2.75. The number of ether oxygens (including phenoxy) is 3. The number of benzene rings is 2. The SMILES string of the molecule is CCCCOCCCNC(=O)c1ccc(C)c(S(=O)(=O)Nc2cc(Cl)c(OC)cc2OC)c1. The predicted molar refractivity (Wildman–Crippen MR) is 129 cm³/mol. The minimum Gasteiger partial charge on any atom is -0.495 e. The number of methoxy groups -OCH3 is 2. The molecule has 2 aromatic carbocycles. The topological polar surface area (TPSA) is 103 Å². The molecule has 0 unspecified atom stereocenters. The third kappa shape index (κ3) is 7.52. The number of hydrogen-bond acceptors (Lipinski definition) is 6. The first-order valence-electron chi connectivity index (χ1n) is 10.6. The summed E-state index contributed by atoms with van der Waals surface area (Å²) in [5.74, 6) is 0.236. The van der Waals surface area contributed by atoms with Crippen LogP contribution in [0.2, 0.25) is 5.02 Å². The fraction of sp³-hybridized carbons (Fsp3) is 0.435. The average molecular weight is 499 g/mol. The van der Waals surface area contributed by atoms with E-state index in [1.807, 2.05) is 0 Å². The smallest absolute Gasteiger partial charge is 0.262 e. The summed E-state index contributed by atoms with van der Waals surface area (Å²) in [5, 5.41) is 3.01. The molecule has 0 atom stereocenters. The molecule has 0 aliphatic carbocycles. The molecule has 182 valence electrons. The van der Waals surface area contributed by atoms with Gasteiger partial charge in [0.05, 0.1) is 29.8 Å². The Kier molecular flexibility index (Phi) is 10.3. The van der Waals surface area contributed by atoms with Gasteiger partial charge in [-0.15, -0.1) is 0 Å². The van der Waals surface area contributed by atoms with Crippen LogP contribution in [0.3, 0.4) is 0 Å². The van der Waals surface area contributed by atoms with Gasteiger partial charge in [0.15, 0.2) is 0 Å². The molecule has 2 N–H and O–H groups in total. The van der Waals surface area contributed by atoms with E-state index in [2.05, 4.69) is 17.0 Å². The molecule has 0 bridgehead atoms. The number of aryl methyl sites for hydroxylation is 1. The fourth-order valence-electron chi connectivity index (χ4n) is 3.00. The van der Waals surface area contributed by atoms with Crippen LogP contribution in [0.25, 0.3) is 0 Å². The van der Waals surface area contributed by atoms with Gasteiger partial charge in [-0.05, 0) is 43.5 Å². The number of nitrogens with one attached hydrogen (secondary N) is 2. The van der Waals surface area contributed by atoms with Crippen molar-refractivity contribution in [1.82, 2.24) is 5.32 Å². The summed E-state index contributed by atoms with van der Waals surface area (Å²) >= 11 is 6.15. The fourth-order valence-corrected chi connectivity index (χ4v) is 4.57. The van der Waals surface area contributed by atoms with Crippen LogP contribution in [-0.2, 0) is 14.8 Å². The maximum absolute atomic E-state index is 13.1. The molecule has 0 aliphatic rings. The predicted octanol–water partition coefficient (Wildman–Crippen LogP) is 4.40. The lowest BCUT2D eigenvalue weighted by Gasteiger charge is -2.16. The summed E-state index contributed by atoms with van der Waals surface area (Å²) in [7, 11) is -1.18. The molecule has 2 aromatic rings. The molecular formula is C23H31ClN2O6S. The zero-order valence-electron chi connectivity index (χ0n) is 19.4. The van der Waals surface area contributed by atoms with Gasteiger partial charge in [-0.2, -0.15) is 0 Å². The van der Waals surface area contributed by atoms with Crippen molar-refractivity contribution in [2.24, 2.45) is 0 Å². The van der Waals surface area contributed by atoms with E-state index in [0.29, 0.717) is 37.5 Å². The Morgan fingerprint density at radius 3 is 2.39 bits per heavy atom. The molecule has 0 aromatic heterocycles. The van der Waals surface area contributed by atoms with Crippen molar-refractivity contribution in [2.45, 2.75) is 38.0 Å². The van der Waals surface area contributed by atoms with Gasteiger partial charge in [0, 0.05) is 31.4 Å². The molecule has 33 heavy (non-hydrogen) atoms. The lowest BCUT2D eigenvalue weighted by molar-refractivity contribution is 0.0940. The summed E-state index contributed by atoms with van der Waals surface area (Å²) in [6.45, 7) is 5.45. The molecule has 0 radical (unpaired) electrons. The molecule has 1 amide bonds. The van der Waals surface area contributed by atoms with Crippen LogP contribution in [0.15, 0.2) is 35.2 Å². The van der Waals surface area contributed by atoms with Gasteiger partial charge in [-0.1, -0.05) is 31.0 Å². The zero-order chi connectivity index (χ0) is 24.4. The van der Waals surface area contributed by atoms with Crippen LogP contribution in [0.1, 0.15) is 42.1 Å². The first-order chi connectivity index (χ1) is 15.7. The molecule has 0 saturated carbocycles. The Morgan fingerprint density at radius 1 is 1.03 bits per heavy atom. The highest BCUT2D eigenvalue weighted by molar-refractivity contribution is 7.92. The second-order valence-corrected chi connectivity index (χ2v) is 9.41. The van der Waals surface area contributed by atoms with Gasteiger partial charge in [0.2, 0.25) is 0 Å². The van der Waals surface area contributed by atoms with Crippen LogP contribution in [0.4, 0.5) is 5.69 Å². The zero-order valence-corrected chi connectivity index (χ0v) is 20.9. The number of carbonyl (C=O) groups excluding carboxylic acids is 1. The van der Waals surface area contributed by atoms with E-state index >= 15 is 0 Å². The number of sulfonamides is 1. The minimum absolute atomic E-state index is 0.0213. The van der Waals surface area contributed by atoms with Crippen molar-refractivity contribution in [3.63, 3.8) is 0 Å². The van der Waals surface area contributed by atoms with Gasteiger partial charge < -0.3 is 19.5 Å². The third-order valence-electron chi connectivity index (χ3n) is 4.85. The molecule has 0 spiro atoms. The molecule has 10 heteroatoms. The molecule has 0 fully saturated rings. The molecule has 0 aliphatic heterocycles. The minimum atomic E-state index is -4.04. The number of halogens is 1. The average Bonchev–Trinajstić information content (AvgIpc) is 2.78. The van der Waals surface area contributed by atoms with Crippen LogP contribution in [0.5, 0.6) is 11.5 Å². The quantitative estimate of drug-likeness (QED) is 0.397. The number of anilines is 1. The van der Waals surface area contributed by atoms with Crippen LogP contribution >= 0.6 is 11.6 Å². The van der Waals surface area contributed by atoms with Crippen LogP contribution in [0, 0.1) is 6.92 Å². The maximum atomic E-state index is 13.1. The maximum Gasteiger partial charge on any atom is 0.262 e. The molecule has 0 saturated heterocycles. The first-order valence-corrected chi connectivity index (χ1v) is 12.5. The highest BCUT2D eigenvalue weighted by Crippen LogP contribution is 2.37. The Labute approximate surface area is 200 Å². The second-order valence-electron chi connectivity index (χ2n) is 7.35. The number of carbonyl (C=O) groups is 1. The summed E-state index contributed by atoms with van der Waals surface area (Å²) in [4.78, 5) is 12.5. The number of amides is 1. The van der Waals surface area contributed by atoms with Crippen molar-refractivity contribution >= 4 is 33.2 Å². The van der Waals surface area contributed by atoms with Gasteiger partial charge in [-0.3, -0.25) is 9.52 Å². The largest absolute Gasteiger partial charge is 0.495 e. The van der Waals surface area contributed by atoms with E-state index in [4.69, 9.17) is 25.8 Å². The molecule has 2 rings (SSSR count). The van der Waals surface area contributed by atoms with Crippen molar-refractivity contribution in [3.05, 3.63) is 46.5 Å². The van der Waals surface area contributed by atoms with Crippen molar-refractivity contribution in [2.75, 3.05) is 38.7 Å². The lowest BCUT2D eigenvalue weighted by atomic mass is 10.1. The van der Waals surface area contributed by atoms with E-state index in [-0.39, 0.29) is 32.8 Å². The number of hydrogen-bond donors (Lipinski definition) is 2. The summed E-state index contributed by atoms with van der Waals surface area (Å²) in [5.41, 5.74) is 0.884. The van der Waals surface area contributed by atoms with E-state index in [1.165, 1.54) is 32.4 Å². The Bertz CT molecular complexity index is 1060. The van der Waals surface area contributed by atoms with Gasteiger partial charge in [0.25, 0.3) is 15.9 Å². The van der Waals surface area contributed by atoms with Gasteiger partial charge in [-0.25, -0.2) is 8.42 Å². The van der Waals surface area contributed by atoms with Crippen LogP contribution < -0.4 is 19.5 Å². The molecule has 0 heterocycles. The standard InChI is InChI=1S/C23H31ClN2O6S/c1-5-6-11-32-12-7-10-25-23(27)17-9-8-16(2)22(13-17)33(28,29)26-19-14-18(24)20(30-3)15-21(19)31-4/h8-9,13-15,26H,5-7,10-12H2,1-4H3,(H,25,27). The normalized spacial score (nSPS) is 11.2. The molecule has 8 nitrogen and oxygen atoms in total. The van der Waals surface area contributed by atoms with Crippen LogP contribution in [-0.4, -0.2) is 48.3 Å². The van der Waals surface area contributed by atoms with E-state index in [9.17, 15) is 13.2 Å². The number of rotatable bonds is 13. The first kappa shape index (κ1) is 26.8. The summed E-state index contributed by atoms with van der Waals surface area (Å²) < 4.78 is 44.6. The Hall–Kier alpha value is -2.49. The highest BCUT2D eigenvalue weighted by Gasteiger charge is 2.22. The van der Waals surface area contributed by atoms with Gasteiger partial charge >= 0.3 is 0 Å². The van der Waals surface area contributed by atoms with Crippen molar-refractivity contribution in [1.29, 1.82) is 0 Å². The summed E-state index contributed by atoms with van der Waals surface area (Å²) in [6, 6.07) is 7.43. The Morgan fingerprint density at radius 2 is 1.73 bits per heavy atom. The lowest BCUT2D eigenvalue weighted by Crippen LogP contribution is -2.26. The number of unbranched alkanes of at least 4 members (excludes halogenated alkanes) is 1. The van der Waals surface area contributed by atoms with E-state index < -0.39 is 10.0 Å². The van der Waals surface area contributed by atoms with E-state index in [0.717, 1.165) is 12.8 Å².